The Kier molecular flexibility index (Phi) is 6.82. The third kappa shape index (κ3) is 4.37. The molecule has 0 aliphatic rings. The zero-order chi connectivity index (χ0) is 9.40. The fourth-order valence-corrected chi connectivity index (χ4v) is 1.30. The van der Waals surface area contributed by atoms with E-state index in [1.165, 1.54) is 18.7 Å². The highest BCUT2D eigenvalue weighted by Crippen LogP contribution is 1.96. The van der Waals surface area contributed by atoms with Crippen LogP contribution in [-0.4, -0.2) is 30.4 Å². The minimum absolute atomic E-state index is 0.899. The summed E-state index contributed by atoms with van der Waals surface area (Å²) in [5, 5.41) is 0. The van der Waals surface area contributed by atoms with Crippen molar-refractivity contribution in [2.24, 2.45) is 4.99 Å². The Labute approximate surface area is 76.7 Å². The molecule has 0 saturated heterocycles. The maximum absolute atomic E-state index is 4.40. The number of nitrogens with zero attached hydrogens (tertiary/aromatic N) is 2. The molecule has 0 aromatic rings. The molecule has 0 radical (unpaired) electrons. The Bertz CT molecular complexity index is 124. The molecule has 0 bridgehead atoms. The van der Waals surface area contributed by atoms with Gasteiger partial charge in [0.05, 0.1) is 5.84 Å². The quantitative estimate of drug-likeness (QED) is 0.457. The fraction of sp³-hybridized carbons (Fsp3) is 0.900. The zero-order valence-corrected chi connectivity index (χ0v) is 8.93. The average Bonchev–Trinajstić information content (AvgIpc) is 2.04. The number of rotatable bonds is 5. The van der Waals surface area contributed by atoms with E-state index in [2.05, 4.69) is 37.6 Å². The molecule has 2 heteroatoms. The molecule has 2 nitrogen and oxygen atoms in total. The van der Waals surface area contributed by atoms with Crippen LogP contribution in [0.2, 0.25) is 0 Å². The van der Waals surface area contributed by atoms with Crippen molar-refractivity contribution in [3.8, 4) is 0 Å². The van der Waals surface area contributed by atoms with Crippen molar-refractivity contribution in [3.63, 3.8) is 0 Å². The van der Waals surface area contributed by atoms with Crippen molar-refractivity contribution >= 4 is 5.84 Å². The van der Waals surface area contributed by atoms with Crippen molar-refractivity contribution in [1.82, 2.24) is 4.90 Å². The van der Waals surface area contributed by atoms with E-state index in [0.29, 0.717) is 0 Å². The molecule has 72 valence electrons. The third-order valence-electron chi connectivity index (χ3n) is 1.83. The summed E-state index contributed by atoms with van der Waals surface area (Å²) in [5.74, 6) is 1.20. The van der Waals surface area contributed by atoms with Crippen molar-refractivity contribution in [2.45, 2.75) is 40.5 Å². The second-order valence-corrected chi connectivity index (χ2v) is 3.01. The van der Waals surface area contributed by atoms with Crippen molar-refractivity contribution in [1.29, 1.82) is 0 Å². The van der Waals surface area contributed by atoms with Gasteiger partial charge in [-0.3, -0.25) is 4.99 Å². The van der Waals surface area contributed by atoms with Gasteiger partial charge in [-0.1, -0.05) is 13.8 Å². The molecule has 0 aromatic heterocycles. The van der Waals surface area contributed by atoms with E-state index in [9.17, 15) is 0 Å². The fourth-order valence-electron chi connectivity index (χ4n) is 1.30. The molecule has 0 saturated carbocycles. The molecule has 0 N–H and O–H groups in total. The van der Waals surface area contributed by atoms with Gasteiger partial charge in [0.2, 0.25) is 0 Å². The summed E-state index contributed by atoms with van der Waals surface area (Å²) < 4.78 is 0. The van der Waals surface area contributed by atoms with Crippen LogP contribution in [0.25, 0.3) is 0 Å². The topological polar surface area (TPSA) is 15.6 Å². The number of hydrogen-bond donors (Lipinski definition) is 0. The van der Waals surface area contributed by atoms with Gasteiger partial charge in [-0.15, -0.1) is 0 Å². The Morgan fingerprint density at radius 1 is 1.08 bits per heavy atom. The standard InChI is InChI=1S/C10H22N2/c1-5-8-12(9-6-2)10(4)11-7-3/h5-9H2,1-4H3. The van der Waals surface area contributed by atoms with E-state index in [0.717, 1.165) is 19.6 Å². The van der Waals surface area contributed by atoms with Gasteiger partial charge in [0.25, 0.3) is 0 Å². The lowest BCUT2D eigenvalue weighted by atomic mass is 10.3. The van der Waals surface area contributed by atoms with E-state index in [4.69, 9.17) is 0 Å². The van der Waals surface area contributed by atoms with E-state index in [1.807, 2.05) is 0 Å². The molecule has 0 aliphatic carbocycles. The summed E-state index contributed by atoms with van der Waals surface area (Å²) in [4.78, 5) is 6.77. The summed E-state index contributed by atoms with van der Waals surface area (Å²) in [6.45, 7) is 11.8. The lowest BCUT2D eigenvalue weighted by molar-refractivity contribution is 0.413. The number of hydrogen-bond acceptors (Lipinski definition) is 1. The van der Waals surface area contributed by atoms with Gasteiger partial charge in [-0.2, -0.15) is 0 Å². The molecule has 0 amide bonds. The Hall–Kier alpha value is -0.530. The van der Waals surface area contributed by atoms with Crippen molar-refractivity contribution in [3.05, 3.63) is 0 Å². The molecule has 0 fully saturated rings. The van der Waals surface area contributed by atoms with Crippen LogP contribution in [0, 0.1) is 0 Å². The van der Waals surface area contributed by atoms with Gasteiger partial charge in [0.15, 0.2) is 0 Å². The maximum atomic E-state index is 4.40. The van der Waals surface area contributed by atoms with Crippen molar-refractivity contribution < 1.29 is 0 Å². The molecule has 12 heavy (non-hydrogen) atoms. The first kappa shape index (κ1) is 11.5. The highest BCUT2D eigenvalue weighted by atomic mass is 15.2. The van der Waals surface area contributed by atoms with Gasteiger partial charge in [0, 0.05) is 19.6 Å². The Morgan fingerprint density at radius 3 is 1.92 bits per heavy atom. The second kappa shape index (κ2) is 7.14. The van der Waals surface area contributed by atoms with E-state index >= 15 is 0 Å². The first-order valence-corrected chi connectivity index (χ1v) is 5.02. The van der Waals surface area contributed by atoms with Gasteiger partial charge in [-0.25, -0.2) is 0 Å². The lowest BCUT2D eigenvalue weighted by Crippen LogP contribution is -2.30. The van der Waals surface area contributed by atoms with Gasteiger partial charge < -0.3 is 4.90 Å². The van der Waals surface area contributed by atoms with Crippen LogP contribution in [0.1, 0.15) is 40.5 Å². The Balaban J connectivity index is 3.98. The largest absolute Gasteiger partial charge is 0.361 e. The van der Waals surface area contributed by atoms with Crippen LogP contribution in [0.5, 0.6) is 0 Å². The smallest absolute Gasteiger partial charge is 0.0957 e. The first-order chi connectivity index (χ1) is 5.76. The minimum atomic E-state index is 0.899. The van der Waals surface area contributed by atoms with Crippen LogP contribution in [-0.2, 0) is 0 Å². The third-order valence-corrected chi connectivity index (χ3v) is 1.83. The summed E-state index contributed by atoms with van der Waals surface area (Å²) in [6.07, 6.45) is 2.41. The van der Waals surface area contributed by atoms with Gasteiger partial charge >= 0.3 is 0 Å². The predicted octanol–water partition coefficient (Wildman–Crippen LogP) is 2.55. The van der Waals surface area contributed by atoms with Gasteiger partial charge in [0.1, 0.15) is 0 Å². The Morgan fingerprint density at radius 2 is 1.58 bits per heavy atom. The molecular weight excluding hydrogens is 148 g/mol. The molecule has 0 heterocycles. The monoisotopic (exact) mass is 170 g/mol. The molecule has 0 atom stereocenters. The van der Waals surface area contributed by atoms with Crippen LogP contribution in [0.15, 0.2) is 4.99 Å². The lowest BCUT2D eigenvalue weighted by Gasteiger charge is -2.22. The van der Waals surface area contributed by atoms with E-state index < -0.39 is 0 Å². The molecule has 0 rings (SSSR count). The van der Waals surface area contributed by atoms with Crippen LogP contribution < -0.4 is 0 Å². The predicted molar refractivity (Wildman–Crippen MR) is 55.8 cm³/mol. The van der Waals surface area contributed by atoms with Gasteiger partial charge in [-0.05, 0) is 26.7 Å². The number of aliphatic imine (C=N–C) groups is 1. The average molecular weight is 170 g/mol. The highest BCUT2D eigenvalue weighted by molar-refractivity contribution is 5.79. The first-order valence-electron chi connectivity index (χ1n) is 5.02. The van der Waals surface area contributed by atoms with E-state index in [-0.39, 0.29) is 0 Å². The van der Waals surface area contributed by atoms with Crippen molar-refractivity contribution in [2.75, 3.05) is 19.6 Å². The second-order valence-electron chi connectivity index (χ2n) is 3.01. The van der Waals surface area contributed by atoms with Crippen LogP contribution >= 0.6 is 0 Å². The molecule has 0 unspecified atom stereocenters. The summed E-state index contributed by atoms with van der Waals surface area (Å²) in [6, 6.07) is 0. The summed E-state index contributed by atoms with van der Waals surface area (Å²) in [5.41, 5.74) is 0. The maximum Gasteiger partial charge on any atom is 0.0957 e. The normalized spacial score (nSPS) is 11.8. The van der Waals surface area contributed by atoms with Crippen LogP contribution in [0.3, 0.4) is 0 Å². The minimum Gasteiger partial charge on any atom is -0.361 e. The summed E-state index contributed by atoms with van der Waals surface area (Å²) in [7, 11) is 0. The molecular formula is C10H22N2. The molecule has 0 spiro atoms. The number of amidine groups is 1. The SMILES string of the molecule is CCCN(CCC)C(C)=NCC. The highest BCUT2D eigenvalue weighted by Gasteiger charge is 2.02. The molecule has 0 aromatic carbocycles. The summed E-state index contributed by atoms with van der Waals surface area (Å²) >= 11 is 0. The zero-order valence-electron chi connectivity index (χ0n) is 8.93. The van der Waals surface area contributed by atoms with E-state index in [1.54, 1.807) is 0 Å². The van der Waals surface area contributed by atoms with Crippen LogP contribution in [0.4, 0.5) is 0 Å². The molecule has 0 aliphatic heterocycles.